The summed E-state index contributed by atoms with van der Waals surface area (Å²) in [4.78, 5) is 6.13. The van der Waals surface area contributed by atoms with Gasteiger partial charge in [-0.05, 0) is 41.7 Å². The Balaban J connectivity index is 1.33. The highest BCUT2D eigenvalue weighted by Crippen LogP contribution is 2.45. The van der Waals surface area contributed by atoms with E-state index in [9.17, 15) is 10.2 Å². The molecule has 2 aromatic carbocycles. The van der Waals surface area contributed by atoms with E-state index in [1.807, 2.05) is 11.0 Å². The number of hydrogen-bond acceptors (Lipinski definition) is 6. The van der Waals surface area contributed by atoms with Gasteiger partial charge >= 0.3 is 6.01 Å². The number of aromatic hydroxyl groups is 1. The van der Waals surface area contributed by atoms with Gasteiger partial charge in [0.2, 0.25) is 5.76 Å². The topological polar surface area (TPSA) is 79.0 Å². The van der Waals surface area contributed by atoms with Gasteiger partial charge in [-0.3, -0.25) is 0 Å². The molecule has 2 aliphatic rings. The molecule has 7 heteroatoms. The lowest BCUT2D eigenvalue weighted by atomic mass is 9.84. The Kier molecular flexibility index (Phi) is 4.50. The van der Waals surface area contributed by atoms with Crippen molar-refractivity contribution in [3.05, 3.63) is 76.0 Å². The number of ether oxygens (including phenoxy) is 1. The van der Waals surface area contributed by atoms with Gasteiger partial charge in [-0.1, -0.05) is 48.0 Å². The van der Waals surface area contributed by atoms with Crippen LogP contribution in [0.3, 0.4) is 0 Å². The van der Waals surface area contributed by atoms with Crippen LogP contribution in [0.25, 0.3) is 0 Å². The molecular formula is C22H21ClN2O4. The molecule has 1 atom stereocenters. The first-order valence-electron chi connectivity index (χ1n) is 9.66. The third-order valence-electron chi connectivity index (χ3n) is 5.91. The Labute approximate surface area is 173 Å². The van der Waals surface area contributed by atoms with Crippen molar-refractivity contribution in [1.29, 1.82) is 0 Å². The van der Waals surface area contributed by atoms with Crippen LogP contribution in [-0.2, 0) is 16.9 Å². The molecule has 1 aromatic heterocycles. The molecule has 150 valence electrons. The van der Waals surface area contributed by atoms with Gasteiger partial charge in [-0.2, -0.15) is 4.98 Å². The van der Waals surface area contributed by atoms with Crippen LogP contribution in [0.2, 0.25) is 5.02 Å². The van der Waals surface area contributed by atoms with Crippen molar-refractivity contribution >= 4 is 17.6 Å². The molecule has 1 unspecified atom stereocenters. The van der Waals surface area contributed by atoms with E-state index in [0.717, 1.165) is 12.8 Å². The fourth-order valence-corrected chi connectivity index (χ4v) is 4.41. The number of nitrogens with zero attached hydrogens (tertiary/aromatic N) is 2. The van der Waals surface area contributed by atoms with Crippen LogP contribution < -0.4 is 4.90 Å². The molecule has 1 saturated heterocycles. The number of halogens is 1. The molecular weight excluding hydrogens is 392 g/mol. The zero-order valence-electron chi connectivity index (χ0n) is 15.7. The molecule has 0 saturated carbocycles. The highest BCUT2D eigenvalue weighted by Gasteiger charge is 2.43. The lowest BCUT2D eigenvalue weighted by Gasteiger charge is -2.38. The third kappa shape index (κ3) is 3.17. The number of fused-ring (bicyclic) bond motifs is 2. The number of hydrogen-bond donors (Lipinski definition) is 2. The van der Waals surface area contributed by atoms with Crippen LogP contribution >= 0.6 is 11.6 Å². The molecule has 1 spiro atoms. The van der Waals surface area contributed by atoms with E-state index in [1.54, 1.807) is 24.3 Å². The maximum Gasteiger partial charge on any atom is 0.301 e. The Morgan fingerprint density at radius 3 is 2.55 bits per heavy atom. The van der Waals surface area contributed by atoms with Gasteiger partial charge < -0.3 is 24.3 Å². The van der Waals surface area contributed by atoms with Crippen molar-refractivity contribution in [1.82, 2.24) is 4.98 Å². The molecule has 0 aliphatic carbocycles. The van der Waals surface area contributed by atoms with Crippen molar-refractivity contribution in [3.63, 3.8) is 0 Å². The van der Waals surface area contributed by atoms with Crippen LogP contribution in [0.15, 0.2) is 52.9 Å². The standard InChI is InChI=1S/C22H21ClN2O4/c23-16-7-5-14(6-8-16)18(26)19-20(27)24-21(29-19)25-11-9-22(10-12-25)17-4-2-1-3-15(17)13-28-22/h1-8,18,26-27H,9-13H2. The summed E-state index contributed by atoms with van der Waals surface area (Å²) in [7, 11) is 0. The van der Waals surface area contributed by atoms with Crippen molar-refractivity contribution < 1.29 is 19.4 Å². The lowest BCUT2D eigenvalue weighted by Crippen LogP contribution is -2.42. The molecule has 29 heavy (non-hydrogen) atoms. The summed E-state index contributed by atoms with van der Waals surface area (Å²) in [6.45, 7) is 2.02. The number of aliphatic hydroxyl groups excluding tert-OH is 1. The number of anilines is 1. The summed E-state index contributed by atoms with van der Waals surface area (Å²) in [6, 6.07) is 15.4. The van der Waals surface area contributed by atoms with Crippen molar-refractivity contribution in [3.8, 4) is 5.88 Å². The summed E-state index contributed by atoms with van der Waals surface area (Å²) >= 11 is 5.90. The second-order valence-corrected chi connectivity index (χ2v) is 8.00. The first-order valence-corrected chi connectivity index (χ1v) is 10.0. The van der Waals surface area contributed by atoms with Crippen LogP contribution in [-0.4, -0.2) is 28.3 Å². The minimum atomic E-state index is -1.12. The Bertz CT molecular complexity index is 1030. The monoisotopic (exact) mass is 412 g/mol. The summed E-state index contributed by atoms with van der Waals surface area (Å²) in [5, 5.41) is 21.4. The van der Waals surface area contributed by atoms with E-state index in [2.05, 4.69) is 23.2 Å². The maximum absolute atomic E-state index is 10.6. The Hall–Kier alpha value is -2.54. The SMILES string of the molecule is Oc1nc(N2CCC3(CC2)OCc2ccccc23)oc1C(O)c1ccc(Cl)cc1. The number of rotatable bonds is 3. The Morgan fingerprint density at radius 1 is 1.07 bits per heavy atom. The van der Waals surface area contributed by atoms with E-state index in [1.165, 1.54) is 11.1 Å². The molecule has 2 N–H and O–H groups in total. The smallest absolute Gasteiger partial charge is 0.301 e. The predicted octanol–water partition coefficient (Wildman–Crippen LogP) is 4.14. The van der Waals surface area contributed by atoms with Gasteiger partial charge in [0.15, 0.2) is 0 Å². The summed E-state index contributed by atoms with van der Waals surface area (Å²) < 4.78 is 12.0. The van der Waals surface area contributed by atoms with E-state index in [-0.39, 0.29) is 17.2 Å². The average molecular weight is 413 g/mol. The number of oxazole rings is 1. The zero-order chi connectivity index (χ0) is 20.0. The molecule has 0 amide bonds. The maximum atomic E-state index is 10.6. The fraction of sp³-hybridized carbons (Fsp3) is 0.318. The van der Waals surface area contributed by atoms with E-state index >= 15 is 0 Å². The molecule has 3 aromatic rings. The summed E-state index contributed by atoms with van der Waals surface area (Å²) in [5.41, 5.74) is 2.84. The molecule has 2 aliphatic heterocycles. The van der Waals surface area contributed by atoms with E-state index in [0.29, 0.717) is 36.3 Å². The highest BCUT2D eigenvalue weighted by molar-refractivity contribution is 6.30. The number of benzene rings is 2. The first kappa shape index (κ1) is 18.5. The van der Waals surface area contributed by atoms with E-state index < -0.39 is 6.10 Å². The molecule has 0 radical (unpaired) electrons. The third-order valence-corrected chi connectivity index (χ3v) is 6.16. The van der Waals surface area contributed by atoms with Crippen LogP contribution in [0.1, 0.15) is 41.4 Å². The average Bonchev–Trinajstić information content (AvgIpc) is 3.30. The molecule has 3 heterocycles. The van der Waals surface area contributed by atoms with Gasteiger partial charge in [0, 0.05) is 18.1 Å². The Morgan fingerprint density at radius 2 is 1.79 bits per heavy atom. The summed E-state index contributed by atoms with van der Waals surface area (Å²) in [5.74, 6) is -0.268. The fourth-order valence-electron chi connectivity index (χ4n) is 4.28. The van der Waals surface area contributed by atoms with Gasteiger partial charge in [0.05, 0.1) is 12.2 Å². The predicted molar refractivity (Wildman–Crippen MR) is 108 cm³/mol. The molecule has 6 nitrogen and oxygen atoms in total. The number of aliphatic hydroxyl groups is 1. The van der Waals surface area contributed by atoms with Crippen LogP contribution in [0.5, 0.6) is 5.88 Å². The largest absolute Gasteiger partial charge is 0.491 e. The molecule has 5 rings (SSSR count). The molecule has 0 bridgehead atoms. The second-order valence-electron chi connectivity index (χ2n) is 7.57. The molecule has 1 fully saturated rings. The van der Waals surface area contributed by atoms with Crippen molar-refractivity contribution in [2.24, 2.45) is 0 Å². The van der Waals surface area contributed by atoms with Gasteiger partial charge in [0.1, 0.15) is 6.10 Å². The van der Waals surface area contributed by atoms with E-state index in [4.69, 9.17) is 20.8 Å². The normalized spacial score (nSPS) is 18.8. The second kappa shape index (κ2) is 7.06. The number of piperidine rings is 1. The van der Waals surface area contributed by atoms with Gasteiger partial charge in [-0.25, -0.2) is 0 Å². The first-order chi connectivity index (χ1) is 14.1. The zero-order valence-corrected chi connectivity index (χ0v) is 16.5. The van der Waals surface area contributed by atoms with Gasteiger partial charge in [0.25, 0.3) is 5.88 Å². The minimum Gasteiger partial charge on any atom is -0.491 e. The quantitative estimate of drug-likeness (QED) is 0.673. The van der Waals surface area contributed by atoms with Crippen LogP contribution in [0.4, 0.5) is 6.01 Å². The highest BCUT2D eigenvalue weighted by atomic mass is 35.5. The van der Waals surface area contributed by atoms with Crippen molar-refractivity contribution in [2.75, 3.05) is 18.0 Å². The van der Waals surface area contributed by atoms with Crippen molar-refractivity contribution in [2.45, 2.75) is 31.2 Å². The van der Waals surface area contributed by atoms with Gasteiger partial charge in [-0.15, -0.1) is 0 Å². The lowest BCUT2D eigenvalue weighted by molar-refractivity contribution is -0.0555. The van der Waals surface area contributed by atoms with Crippen LogP contribution in [0, 0.1) is 0 Å². The summed E-state index contributed by atoms with van der Waals surface area (Å²) in [6.07, 6.45) is 0.500. The number of aromatic nitrogens is 1. The minimum absolute atomic E-state index is 0.0325.